The molecule has 0 aliphatic heterocycles. The van der Waals surface area contributed by atoms with Crippen LogP contribution in [0.2, 0.25) is 10.2 Å². The van der Waals surface area contributed by atoms with Gasteiger partial charge in [0.25, 0.3) is 5.78 Å². The molecule has 7 heteroatoms. The third-order valence-electron chi connectivity index (χ3n) is 3.29. The lowest BCUT2D eigenvalue weighted by Crippen LogP contribution is -2.09. The van der Waals surface area contributed by atoms with Crippen molar-refractivity contribution < 1.29 is 4.39 Å². The van der Waals surface area contributed by atoms with E-state index in [4.69, 9.17) is 23.2 Å². The highest BCUT2D eigenvalue weighted by molar-refractivity contribution is 6.36. The van der Waals surface area contributed by atoms with Crippen molar-refractivity contribution in [3.05, 3.63) is 46.2 Å². The molecule has 0 N–H and O–H groups in total. The number of aromatic nitrogens is 4. The van der Waals surface area contributed by atoms with E-state index in [1.165, 1.54) is 12.4 Å². The van der Waals surface area contributed by atoms with Crippen LogP contribution in [-0.4, -0.2) is 19.6 Å². The minimum atomic E-state index is -0.444. The molecule has 0 bridgehead atoms. The van der Waals surface area contributed by atoms with Crippen molar-refractivity contribution in [2.45, 2.75) is 20.3 Å². The van der Waals surface area contributed by atoms with Gasteiger partial charge >= 0.3 is 0 Å². The molecule has 0 aliphatic carbocycles. The molecule has 114 valence electrons. The standard InChI is InChI=1S/C15H13Cl2FN4/c1-8(2)6-11-13(12-9(16)4-3-5-10(12)18)14(17)21-15-19-7-20-22(11)15/h3-5,7-8H,6H2,1-2H3. The molecule has 0 unspecified atom stereocenters. The Balaban J connectivity index is 2.39. The molecule has 0 saturated heterocycles. The number of halogens is 3. The maximum absolute atomic E-state index is 14.3. The number of fused-ring (bicyclic) bond motifs is 1. The highest BCUT2D eigenvalue weighted by atomic mass is 35.5. The van der Waals surface area contributed by atoms with E-state index in [9.17, 15) is 4.39 Å². The van der Waals surface area contributed by atoms with Crippen LogP contribution in [0.1, 0.15) is 19.5 Å². The largest absolute Gasteiger partial charge is 0.253 e. The summed E-state index contributed by atoms with van der Waals surface area (Å²) in [4.78, 5) is 8.25. The molecule has 0 aliphatic rings. The van der Waals surface area contributed by atoms with Crippen LogP contribution in [0.25, 0.3) is 16.9 Å². The molecule has 1 aromatic carbocycles. The highest BCUT2D eigenvalue weighted by Gasteiger charge is 2.22. The second-order valence-corrected chi connectivity index (χ2v) is 6.16. The zero-order valence-electron chi connectivity index (χ0n) is 12.0. The molecule has 3 rings (SSSR count). The Morgan fingerprint density at radius 1 is 1.23 bits per heavy atom. The van der Waals surface area contributed by atoms with E-state index in [1.807, 2.05) is 0 Å². The number of hydrogen-bond acceptors (Lipinski definition) is 3. The Morgan fingerprint density at radius 2 is 2.00 bits per heavy atom. The number of rotatable bonds is 3. The Hall–Kier alpha value is -1.72. The molecule has 2 aromatic heterocycles. The SMILES string of the molecule is CC(C)Cc1c(-c2c(F)cccc2Cl)c(Cl)nc2ncnn12. The average Bonchev–Trinajstić information content (AvgIpc) is 2.88. The molecule has 0 radical (unpaired) electrons. The Morgan fingerprint density at radius 3 is 2.68 bits per heavy atom. The van der Waals surface area contributed by atoms with E-state index in [2.05, 4.69) is 28.9 Å². The molecule has 0 amide bonds. The van der Waals surface area contributed by atoms with Gasteiger partial charge in [-0.25, -0.2) is 8.91 Å². The third kappa shape index (κ3) is 2.55. The van der Waals surface area contributed by atoms with E-state index < -0.39 is 5.82 Å². The summed E-state index contributed by atoms with van der Waals surface area (Å²) < 4.78 is 15.9. The molecule has 4 nitrogen and oxygen atoms in total. The molecule has 3 aromatic rings. The lowest BCUT2D eigenvalue weighted by Gasteiger charge is -2.16. The quantitative estimate of drug-likeness (QED) is 0.663. The first-order valence-electron chi connectivity index (χ1n) is 6.81. The summed E-state index contributed by atoms with van der Waals surface area (Å²) in [6, 6.07) is 4.53. The Kier molecular flexibility index (Phi) is 4.02. The molecule has 2 heterocycles. The summed E-state index contributed by atoms with van der Waals surface area (Å²) >= 11 is 12.5. The first-order chi connectivity index (χ1) is 10.5. The summed E-state index contributed by atoms with van der Waals surface area (Å²) in [5, 5.41) is 4.63. The van der Waals surface area contributed by atoms with Crippen molar-refractivity contribution >= 4 is 29.0 Å². The first kappa shape index (κ1) is 15.2. The van der Waals surface area contributed by atoms with Crippen LogP contribution >= 0.6 is 23.2 Å². The smallest absolute Gasteiger partial charge is 0.206 e. The topological polar surface area (TPSA) is 43.1 Å². The molecule has 0 atom stereocenters. The normalized spacial score (nSPS) is 11.5. The van der Waals surface area contributed by atoms with Crippen LogP contribution in [0, 0.1) is 11.7 Å². The fourth-order valence-electron chi connectivity index (χ4n) is 2.43. The monoisotopic (exact) mass is 338 g/mol. The first-order valence-corrected chi connectivity index (χ1v) is 7.57. The molecule has 0 fully saturated rings. The van der Waals surface area contributed by atoms with Crippen molar-refractivity contribution in [1.82, 2.24) is 19.6 Å². The minimum Gasteiger partial charge on any atom is -0.206 e. The predicted molar refractivity (Wildman–Crippen MR) is 84.7 cm³/mol. The van der Waals surface area contributed by atoms with Crippen LogP contribution in [-0.2, 0) is 6.42 Å². The van der Waals surface area contributed by atoms with Crippen LogP contribution in [0.4, 0.5) is 4.39 Å². The van der Waals surface area contributed by atoms with Crippen molar-refractivity contribution in [2.75, 3.05) is 0 Å². The molecule has 0 spiro atoms. The van der Waals surface area contributed by atoms with Crippen LogP contribution in [0.3, 0.4) is 0 Å². The predicted octanol–water partition coefficient (Wildman–Crippen LogP) is 4.44. The van der Waals surface area contributed by atoms with Crippen LogP contribution < -0.4 is 0 Å². The van der Waals surface area contributed by atoms with Crippen molar-refractivity contribution in [3.63, 3.8) is 0 Å². The molecular formula is C15H13Cl2FN4. The van der Waals surface area contributed by atoms with Gasteiger partial charge in [0.2, 0.25) is 0 Å². The van der Waals surface area contributed by atoms with Gasteiger partial charge in [0.15, 0.2) is 0 Å². The van der Waals surface area contributed by atoms with Gasteiger partial charge in [0.1, 0.15) is 17.3 Å². The highest BCUT2D eigenvalue weighted by Crippen LogP contribution is 2.37. The van der Waals surface area contributed by atoms with Gasteiger partial charge in [-0.2, -0.15) is 15.1 Å². The second-order valence-electron chi connectivity index (χ2n) is 5.39. The van der Waals surface area contributed by atoms with Gasteiger partial charge in [-0.3, -0.25) is 0 Å². The summed E-state index contributed by atoms with van der Waals surface area (Å²) in [6.07, 6.45) is 2.04. The molecule has 22 heavy (non-hydrogen) atoms. The van der Waals surface area contributed by atoms with Crippen molar-refractivity contribution in [2.24, 2.45) is 5.92 Å². The summed E-state index contributed by atoms with van der Waals surface area (Å²) in [7, 11) is 0. The summed E-state index contributed by atoms with van der Waals surface area (Å²) in [6.45, 7) is 4.12. The van der Waals surface area contributed by atoms with Gasteiger partial charge < -0.3 is 0 Å². The third-order valence-corrected chi connectivity index (χ3v) is 3.88. The van der Waals surface area contributed by atoms with E-state index in [0.717, 1.165) is 5.69 Å². The van der Waals surface area contributed by atoms with E-state index in [-0.39, 0.29) is 15.7 Å². The Labute approximate surface area is 136 Å². The fraction of sp³-hybridized carbons (Fsp3) is 0.267. The van der Waals surface area contributed by atoms with Gasteiger partial charge in [0, 0.05) is 11.1 Å². The number of benzene rings is 1. The summed E-state index contributed by atoms with van der Waals surface area (Å²) in [5.41, 5.74) is 1.46. The number of hydrogen-bond donors (Lipinski definition) is 0. The second kappa shape index (κ2) is 5.82. The van der Waals surface area contributed by atoms with Crippen LogP contribution in [0.15, 0.2) is 24.5 Å². The maximum Gasteiger partial charge on any atom is 0.253 e. The fourth-order valence-corrected chi connectivity index (χ4v) is 2.97. The van der Waals surface area contributed by atoms with Gasteiger partial charge in [-0.05, 0) is 24.5 Å². The zero-order valence-corrected chi connectivity index (χ0v) is 13.5. The van der Waals surface area contributed by atoms with Gasteiger partial charge in [0.05, 0.1) is 10.7 Å². The van der Waals surface area contributed by atoms with Gasteiger partial charge in [-0.1, -0.05) is 43.1 Å². The summed E-state index contributed by atoms with van der Waals surface area (Å²) in [5.74, 6) is 0.257. The van der Waals surface area contributed by atoms with Crippen molar-refractivity contribution in [3.8, 4) is 11.1 Å². The van der Waals surface area contributed by atoms with Gasteiger partial charge in [-0.15, -0.1) is 0 Å². The number of nitrogens with zero attached hydrogens (tertiary/aromatic N) is 4. The molecule has 0 saturated carbocycles. The lowest BCUT2D eigenvalue weighted by atomic mass is 9.99. The van der Waals surface area contributed by atoms with E-state index in [1.54, 1.807) is 16.6 Å². The van der Waals surface area contributed by atoms with Crippen LogP contribution in [0.5, 0.6) is 0 Å². The average molecular weight is 339 g/mol. The minimum absolute atomic E-state index is 0.170. The molecular weight excluding hydrogens is 326 g/mol. The van der Waals surface area contributed by atoms with E-state index >= 15 is 0 Å². The van der Waals surface area contributed by atoms with Crippen molar-refractivity contribution in [1.29, 1.82) is 0 Å². The zero-order chi connectivity index (χ0) is 15.9. The maximum atomic E-state index is 14.3. The Bertz CT molecular complexity index is 825. The lowest BCUT2D eigenvalue weighted by molar-refractivity contribution is 0.615. The van der Waals surface area contributed by atoms with E-state index in [0.29, 0.717) is 23.7 Å².